The molecule has 1 unspecified atom stereocenters. The van der Waals surface area contributed by atoms with Crippen LogP contribution < -0.4 is 11.1 Å². The highest BCUT2D eigenvalue weighted by atomic mass is 32.1. The van der Waals surface area contributed by atoms with Crippen LogP contribution in [-0.2, 0) is 4.79 Å². The Balaban J connectivity index is 1.85. The van der Waals surface area contributed by atoms with E-state index in [1.54, 1.807) is 30.3 Å². The summed E-state index contributed by atoms with van der Waals surface area (Å²) >= 11 is 0.785. The number of aromatic nitrogens is 3. The molecule has 1 atom stereocenters. The van der Waals surface area contributed by atoms with Crippen molar-refractivity contribution in [3.8, 4) is 11.1 Å². The smallest absolute Gasteiger partial charge is 0.307 e. The van der Waals surface area contributed by atoms with Gasteiger partial charge in [0.1, 0.15) is 33.8 Å². The molecule has 3 N–H and O–H groups in total. The summed E-state index contributed by atoms with van der Waals surface area (Å²) in [7, 11) is 0. The largest absolute Gasteiger partial charge is 0.365 e. The maximum atomic E-state index is 13.5. The molecular weight excluding hydrogens is 470 g/mol. The van der Waals surface area contributed by atoms with E-state index in [4.69, 9.17) is 5.73 Å². The minimum atomic E-state index is -2.86. The van der Waals surface area contributed by atoms with Gasteiger partial charge in [-0.05, 0) is 24.1 Å². The summed E-state index contributed by atoms with van der Waals surface area (Å²) in [6.07, 6.45) is -0.765. The summed E-state index contributed by atoms with van der Waals surface area (Å²) in [5.41, 5.74) is 5.66. The van der Waals surface area contributed by atoms with Crippen LogP contribution in [0.5, 0.6) is 0 Å². The molecular formula is C21H16F2N6O4S. The van der Waals surface area contributed by atoms with Gasteiger partial charge in [0.2, 0.25) is 5.91 Å². The monoisotopic (exact) mass is 486 g/mol. The molecule has 0 aliphatic rings. The Hall–Kier alpha value is -4.26. The Morgan fingerprint density at radius 2 is 1.97 bits per heavy atom. The van der Waals surface area contributed by atoms with Crippen LogP contribution in [0, 0.1) is 10.1 Å². The number of primary amides is 1. The Morgan fingerprint density at radius 3 is 2.56 bits per heavy atom. The number of pyridine rings is 1. The molecule has 34 heavy (non-hydrogen) atoms. The second kappa shape index (κ2) is 8.94. The predicted octanol–water partition coefficient (Wildman–Crippen LogP) is 4.30. The zero-order chi connectivity index (χ0) is 24.6. The maximum Gasteiger partial charge on any atom is 0.307 e. The van der Waals surface area contributed by atoms with E-state index in [1.165, 1.54) is 13.0 Å². The van der Waals surface area contributed by atoms with Crippen molar-refractivity contribution in [1.82, 2.24) is 14.8 Å². The zero-order valence-corrected chi connectivity index (χ0v) is 18.3. The summed E-state index contributed by atoms with van der Waals surface area (Å²) in [4.78, 5) is 39.4. The summed E-state index contributed by atoms with van der Waals surface area (Å²) in [6, 6.07) is 8.79. The van der Waals surface area contributed by atoms with E-state index in [1.807, 2.05) is 0 Å². The van der Waals surface area contributed by atoms with Crippen LogP contribution in [-0.4, -0.2) is 31.5 Å². The highest BCUT2D eigenvalue weighted by Crippen LogP contribution is 2.42. The van der Waals surface area contributed by atoms with E-state index in [0.29, 0.717) is 11.1 Å². The van der Waals surface area contributed by atoms with Gasteiger partial charge in [-0.3, -0.25) is 24.4 Å². The van der Waals surface area contributed by atoms with Gasteiger partial charge in [0.25, 0.3) is 12.3 Å². The second-order valence-electron chi connectivity index (χ2n) is 7.21. The maximum absolute atomic E-state index is 13.5. The second-order valence-corrected chi connectivity index (χ2v) is 8.21. The van der Waals surface area contributed by atoms with Gasteiger partial charge in [-0.25, -0.2) is 13.8 Å². The quantitative estimate of drug-likeness (QED) is 0.294. The van der Waals surface area contributed by atoms with Gasteiger partial charge in [-0.1, -0.05) is 30.3 Å². The molecule has 10 nitrogen and oxygen atoms in total. The Kier molecular flexibility index (Phi) is 6.03. The zero-order valence-electron chi connectivity index (χ0n) is 17.4. The number of carbonyl (C=O) groups excluding carboxylic acids is 2. The van der Waals surface area contributed by atoms with Gasteiger partial charge in [-0.15, -0.1) is 11.3 Å². The fraction of sp³-hybridized carbons (Fsp3) is 0.143. The van der Waals surface area contributed by atoms with Gasteiger partial charge in [0, 0.05) is 5.39 Å². The molecule has 3 aromatic heterocycles. The fourth-order valence-electron chi connectivity index (χ4n) is 3.35. The summed E-state index contributed by atoms with van der Waals surface area (Å²) < 4.78 is 28.2. The van der Waals surface area contributed by atoms with Crippen LogP contribution in [0.2, 0.25) is 0 Å². The van der Waals surface area contributed by atoms with Crippen molar-refractivity contribution in [3.05, 3.63) is 69.5 Å². The Morgan fingerprint density at radius 1 is 1.26 bits per heavy atom. The van der Waals surface area contributed by atoms with Crippen LogP contribution >= 0.6 is 11.3 Å². The number of amides is 2. The fourth-order valence-corrected chi connectivity index (χ4v) is 4.36. The van der Waals surface area contributed by atoms with Gasteiger partial charge in [0.05, 0.1) is 10.6 Å². The number of halogens is 2. The average molecular weight is 486 g/mol. The average Bonchev–Trinajstić information content (AvgIpc) is 3.44. The number of hydrogen-bond acceptors (Lipinski definition) is 7. The van der Waals surface area contributed by atoms with Crippen LogP contribution in [0.15, 0.2) is 48.8 Å². The number of nitrogens with two attached hydrogens (primary N) is 1. The third-order valence-corrected chi connectivity index (χ3v) is 6.14. The third-order valence-electron chi connectivity index (χ3n) is 5.04. The number of rotatable bonds is 7. The Labute approximate surface area is 194 Å². The highest BCUT2D eigenvalue weighted by molar-refractivity contribution is 7.21. The molecule has 0 spiro atoms. The predicted molar refractivity (Wildman–Crippen MR) is 121 cm³/mol. The molecule has 4 aromatic rings. The van der Waals surface area contributed by atoms with Crippen molar-refractivity contribution < 1.29 is 23.3 Å². The molecule has 0 bridgehead atoms. The molecule has 1 aromatic carbocycles. The molecule has 0 saturated carbocycles. The minimum Gasteiger partial charge on any atom is -0.365 e. The molecule has 0 aliphatic carbocycles. The van der Waals surface area contributed by atoms with Gasteiger partial charge >= 0.3 is 5.69 Å². The number of benzene rings is 1. The molecule has 0 radical (unpaired) electrons. The van der Waals surface area contributed by atoms with E-state index in [0.717, 1.165) is 28.4 Å². The molecule has 3 heterocycles. The molecule has 4 rings (SSSR count). The normalized spacial score (nSPS) is 12.1. The van der Waals surface area contributed by atoms with E-state index in [2.05, 4.69) is 15.4 Å². The Bertz CT molecular complexity index is 1420. The molecule has 0 fully saturated rings. The van der Waals surface area contributed by atoms with Gasteiger partial charge < -0.3 is 11.1 Å². The van der Waals surface area contributed by atoms with E-state index >= 15 is 0 Å². The number of nitro groups is 1. The van der Waals surface area contributed by atoms with Crippen molar-refractivity contribution in [1.29, 1.82) is 0 Å². The van der Waals surface area contributed by atoms with Crippen molar-refractivity contribution in [3.63, 3.8) is 0 Å². The standard InChI is InChI=1S/C21H16F2N6O4S/c1-10(28-9-12(8-25-28)29(32)33)20(31)27-16-15-13(11-5-3-2-4-6-11)7-14(18(22)23)26-21(15)34-17(16)19(24)30/h2-10,18H,1H3,(H2,24,30)(H,27,31). The number of carbonyl (C=O) groups is 2. The van der Waals surface area contributed by atoms with Crippen molar-refractivity contribution in [2.24, 2.45) is 5.73 Å². The first-order chi connectivity index (χ1) is 16.2. The third kappa shape index (κ3) is 4.20. The highest BCUT2D eigenvalue weighted by Gasteiger charge is 2.27. The lowest BCUT2D eigenvalue weighted by Gasteiger charge is -2.14. The van der Waals surface area contributed by atoms with Crippen LogP contribution in [0.1, 0.15) is 34.8 Å². The lowest BCUT2D eigenvalue weighted by Crippen LogP contribution is -2.25. The van der Waals surface area contributed by atoms with E-state index < -0.39 is 34.9 Å². The van der Waals surface area contributed by atoms with Gasteiger partial charge in [-0.2, -0.15) is 5.10 Å². The molecule has 0 aliphatic heterocycles. The number of fused-ring (bicyclic) bond motifs is 1. The molecule has 2 amide bonds. The number of anilines is 1. The van der Waals surface area contributed by atoms with Gasteiger partial charge in [0.15, 0.2) is 0 Å². The summed E-state index contributed by atoms with van der Waals surface area (Å²) in [5.74, 6) is -1.53. The topological polar surface area (TPSA) is 146 Å². The van der Waals surface area contributed by atoms with E-state index in [9.17, 15) is 28.5 Å². The first-order valence-electron chi connectivity index (χ1n) is 9.77. The number of nitrogens with one attached hydrogen (secondary N) is 1. The molecule has 0 saturated heterocycles. The minimum absolute atomic E-state index is 0.0261. The van der Waals surface area contributed by atoms with Crippen LogP contribution in [0.4, 0.5) is 20.2 Å². The molecule has 13 heteroatoms. The van der Waals surface area contributed by atoms with Crippen molar-refractivity contribution in [2.75, 3.05) is 5.32 Å². The number of thiophene rings is 1. The van der Waals surface area contributed by atoms with E-state index in [-0.39, 0.29) is 26.5 Å². The van der Waals surface area contributed by atoms with Crippen LogP contribution in [0.25, 0.3) is 21.3 Å². The lowest BCUT2D eigenvalue weighted by atomic mass is 10.0. The number of alkyl halides is 2. The summed E-state index contributed by atoms with van der Waals surface area (Å²) in [5, 5.41) is 17.7. The van der Waals surface area contributed by atoms with Crippen LogP contribution in [0.3, 0.4) is 0 Å². The lowest BCUT2D eigenvalue weighted by molar-refractivity contribution is -0.385. The van der Waals surface area contributed by atoms with Crippen molar-refractivity contribution in [2.45, 2.75) is 19.4 Å². The first kappa shape index (κ1) is 22.9. The SMILES string of the molecule is CC(C(=O)Nc1c(C(N)=O)sc2nc(C(F)F)cc(-c3ccccc3)c12)n1cc([N+](=O)[O-])cn1. The number of nitrogens with zero attached hydrogens (tertiary/aromatic N) is 4. The number of hydrogen-bond donors (Lipinski definition) is 2. The first-order valence-corrected chi connectivity index (χ1v) is 10.6. The summed E-state index contributed by atoms with van der Waals surface area (Å²) in [6.45, 7) is 1.45. The molecule has 174 valence electrons. The van der Waals surface area contributed by atoms with Crippen molar-refractivity contribution >= 4 is 44.7 Å².